The van der Waals surface area contributed by atoms with Crippen LogP contribution < -0.4 is 5.73 Å². The minimum atomic E-state index is -4.54. The molecule has 3 nitrogen and oxygen atoms in total. The van der Waals surface area contributed by atoms with Gasteiger partial charge in [-0.2, -0.15) is 13.2 Å². The van der Waals surface area contributed by atoms with E-state index in [1.807, 2.05) is 0 Å². The predicted molar refractivity (Wildman–Crippen MR) is 54.9 cm³/mol. The standard InChI is InChI=1S/C9H7BrF3NO2/c10-7-5(2-1-3-6(7)14)8(15)16-4-9(11,12)13/h1-3H,4,14H2. The Kier molecular flexibility index (Phi) is 3.79. The van der Waals surface area contributed by atoms with Crippen molar-refractivity contribution in [1.82, 2.24) is 0 Å². The summed E-state index contributed by atoms with van der Waals surface area (Å²) in [5.74, 6) is -1.07. The van der Waals surface area contributed by atoms with Crippen molar-refractivity contribution >= 4 is 27.6 Å². The number of carbonyl (C=O) groups is 1. The van der Waals surface area contributed by atoms with Crippen molar-refractivity contribution in [2.75, 3.05) is 12.3 Å². The van der Waals surface area contributed by atoms with Crippen molar-refractivity contribution in [2.24, 2.45) is 0 Å². The number of nitrogen functional groups attached to an aromatic ring is 1. The number of nitrogens with two attached hydrogens (primary N) is 1. The fraction of sp³-hybridized carbons (Fsp3) is 0.222. The highest BCUT2D eigenvalue weighted by Crippen LogP contribution is 2.25. The Balaban J connectivity index is 2.78. The molecule has 0 fully saturated rings. The lowest BCUT2D eigenvalue weighted by atomic mass is 10.2. The quantitative estimate of drug-likeness (QED) is 0.674. The zero-order chi connectivity index (χ0) is 12.3. The number of carbonyl (C=O) groups excluding carboxylic acids is 1. The van der Waals surface area contributed by atoms with Crippen LogP contribution in [-0.2, 0) is 4.74 Å². The van der Waals surface area contributed by atoms with Gasteiger partial charge in [0.1, 0.15) is 0 Å². The smallest absolute Gasteiger partial charge is 0.422 e. The Hall–Kier alpha value is -1.24. The predicted octanol–water partition coefficient (Wildman–Crippen LogP) is 2.75. The average Bonchev–Trinajstić information content (AvgIpc) is 2.17. The lowest BCUT2D eigenvalue weighted by molar-refractivity contribution is -0.161. The molecular formula is C9H7BrF3NO2. The molecule has 7 heteroatoms. The first-order valence-corrected chi connectivity index (χ1v) is 4.88. The molecule has 0 spiro atoms. The summed E-state index contributed by atoms with van der Waals surface area (Å²) >= 11 is 2.99. The molecule has 0 unspecified atom stereocenters. The number of benzene rings is 1. The third-order valence-electron chi connectivity index (χ3n) is 1.62. The van der Waals surface area contributed by atoms with Crippen LogP contribution in [0.5, 0.6) is 0 Å². The molecule has 0 heterocycles. The van der Waals surface area contributed by atoms with Gasteiger partial charge in [-0.1, -0.05) is 6.07 Å². The van der Waals surface area contributed by atoms with Crippen molar-refractivity contribution in [1.29, 1.82) is 0 Å². The minimum Gasteiger partial charge on any atom is -0.452 e. The zero-order valence-electron chi connectivity index (χ0n) is 7.84. The Labute approximate surface area is 97.5 Å². The highest BCUT2D eigenvalue weighted by molar-refractivity contribution is 9.10. The van der Waals surface area contributed by atoms with E-state index in [2.05, 4.69) is 20.7 Å². The summed E-state index contributed by atoms with van der Waals surface area (Å²) in [7, 11) is 0. The van der Waals surface area contributed by atoms with Crippen LogP contribution in [0.1, 0.15) is 10.4 Å². The molecule has 0 saturated carbocycles. The summed E-state index contributed by atoms with van der Waals surface area (Å²) in [6, 6.07) is 4.27. The van der Waals surface area contributed by atoms with E-state index in [0.29, 0.717) is 0 Å². The van der Waals surface area contributed by atoms with E-state index >= 15 is 0 Å². The average molecular weight is 298 g/mol. The van der Waals surface area contributed by atoms with Gasteiger partial charge in [0.25, 0.3) is 0 Å². The third kappa shape index (κ3) is 3.41. The molecule has 0 aliphatic heterocycles. The van der Waals surface area contributed by atoms with Gasteiger partial charge in [0.05, 0.1) is 10.0 Å². The van der Waals surface area contributed by atoms with E-state index in [1.54, 1.807) is 0 Å². The molecule has 0 aliphatic carbocycles. The Morgan fingerprint density at radius 2 is 2.06 bits per heavy atom. The van der Waals surface area contributed by atoms with Gasteiger partial charge in [-0.25, -0.2) is 4.79 Å². The van der Waals surface area contributed by atoms with Crippen molar-refractivity contribution < 1.29 is 22.7 Å². The lowest BCUT2D eigenvalue weighted by Crippen LogP contribution is -2.20. The molecule has 16 heavy (non-hydrogen) atoms. The molecule has 88 valence electrons. The lowest BCUT2D eigenvalue weighted by Gasteiger charge is -2.09. The van der Waals surface area contributed by atoms with Gasteiger partial charge < -0.3 is 10.5 Å². The summed E-state index contributed by atoms with van der Waals surface area (Å²) in [4.78, 5) is 11.3. The van der Waals surface area contributed by atoms with Crippen LogP contribution in [0.25, 0.3) is 0 Å². The molecule has 0 saturated heterocycles. The highest BCUT2D eigenvalue weighted by atomic mass is 79.9. The number of ether oxygens (including phenoxy) is 1. The summed E-state index contributed by atoms with van der Waals surface area (Å²) in [5, 5.41) is 0. The Morgan fingerprint density at radius 3 is 2.62 bits per heavy atom. The fourth-order valence-corrected chi connectivity index (χ4v) is 1.36. The largest absolute Gasteiger partial charge is 0.452 e. The van der Waals surface area contributed by atoms with Crippen LogP contribution in [0.4, 0.5) is 18.9 Å². The monoisotopic (exact) mass is 297 g/mol. The molecular weight excluding hydrogens is 291 g/mol. The van der Waals surface area contributed by atoms with Crippen LogP contribution in [-0.4, -0.2) is 18.8 Å². The Bertz CT molecular complexity index is 406. The summed E-state index contributed by atoms with van der Waals surface area (Å²) < 4.78 is 39.7. The second kappa shape index (κ2) is 4.73. The second-order valence-corrected chi connectivity index (χ2v) is 3.69. The third-order valence-corrected chi connectivity index (χ3v) is 2.50. The number of rotatable bonds is 2. The molecule has 1 aromatic rings. The molecule has 0 atom stereocenters. The molecule has 0 aromatic heterocycles. The highest BCUT2D eigenvalue weighted by Gasteiger charge is 2.30. The van der Waals surface area contributed by atoms with E-state index in [4.69, 9.17) is 5.73 Å². The number of anilines is 1. The normalized spacial score (nSPS) is 11.2. The van der Waals surface area contributed by atoms with Crippen molar-refractivity contribution in [2.45, 2.75) is 6.18 Å². The SMILES string of the molecule is Nc1cccc(C(=O)OCC(F)(F)F)c1Br. The molecule has 0 aliphatic rings. The summed E-state index contributed by atoms with van der Waals surface area (Å²) in [6.07, 6.45) is -4.54. The van der Waals surface area contributed by atoms with Crippen LogP contribution >= 0.6 is 15.9 Å². The van der Waals surface area contributed by atoms with E-state index in [-0.39, 0.29) is 15.7 Å². The second-order valence-electron chi connectivity index (χ2n) is 2.90. The van der Waals surface area contributed by atoms with Gasteiger partial charge in [-0.3, -0.25) is 0 Å². The van der Waals surface area contributed by atoms with Crippen LogP contribution in [0.15, 0.2) is 22.7 Å². The summed E-state index contributed by atoms with van der Waals surface area (Å²) in [6.45, 7) is -1.62. The molecule has 0 radical (unpaired) electrons. The van der Waals surface area contributed by atoms with Crippen molar-refractivity contribution in [3.63, 3.8) is 0 Å². The van der Waals surface area contributed by atoms with Gasteiger partial charge in [-0.05, 0) is 28.1 Å². The van der Waals surface area contributed by atoms with E-state index in [1.165, 1.54) is 18.2 Å². The van der Waals surface area contributed by atoms with Crippen molar-refractivity contribution in [3.8, 4) is 0 Å². The number of alkyl halides is 3. The van der Waals surface area contributed by atoms with Gasteiger partial charge in [0.15, 0.2) is 6.61 Å². The molecule has 0 bridgehead atoms. The first kappa shape index (κ1) is 12.8. The molecule has 1 rings (SSSR count). The fourth-order valence-electron chi connectivity index (χ4n) is 0.933. The number of esters is 1. The van der Waals surface area contributed by atoms with E-state index in [0.717, 1.165) is 0 Å². The van der Waals surface area contributed by atoms with Gasteiger partial charge >= 0.3 is 12.1 Å². The Morgan fingerprint density at radius 1 is 1.44 bits per heavy atom. The van der Waals surface area contributed by atoms with E-state index in [9.17, 15) is 18.0 Å². The maximum atomic E-state index is 11.8. The zero-order valence-corrected chi connectivity index (χ0v) is 9.43. The first-order valence-electron chi connectivity index (χ1n) is 4.09. The van der Waals surface area contributed by atoms with Gasteiger partial charge in [0.2, 0.25) is 0 Å². The van der Waals surface area contributed by atoms with Crippen LogP contribution in [0, 0.1) is 0 Å². The van der Waals surface area contributed by atoms with Crippen LogP contribution in [0.3, 0.4) is 0 Å². The van der Waals surface area contributed by atoms with Crippen molar-refractivity contribution in [3.05, 3.63) is 28.2 Å². The molecule has 1 aromatic carbocycles. The summed E-state index contributed by atoms with van der Waals surface area (Å²) in [5.41, 5.74) is 5.68. The number of hydrogen-bond acceptors (Lipinski definition) is 3. The molecule has 2 N–H and O–H groups in total. The number of hydrogen-bond donors (Lipinski definition) is 1. The molecule has 0 amide bonds. The maximum absolute atomic E-state index is 11.8. The first-order chi connectivity index (χ1) is 7.31. The van der Waals surface area contributed by atoms with Gasteiger partial charge in [-0.15, -0.1) is 0 Å². The van der Waals surface area contributed by atoms with Gasteiger partial charge in [0, 0.05) is 5.69 Å². The van der Waals surface area contributed by atoms with E-state index < -0.39 is 18.8 Å². The maximum Gasteiger partial charge on any atom is 0.422 e. The van der Waals surface area contributed by atoms with Crippen LogP contribution in [0.2, 0.25) is 0 Å². The minimum absolute atomic E-state index is 0.0377. The number of halogens is 4. The topological polar surface area (TPSA) is 52.3 Å².